The molecule has 0 unspecified atom stereocenters. The molecule has 4 rings (SSSR count). The summed E-state index contributed by atoms with van der Waals surface area (Å²) in [4.78, 5) is 30.5. The van der Waals surface area contributed by atoms with E-state index in [9.17, 15) is 9.59 Å². The van der Waals surface area contributed by atoms with Gasteiger partial charge in [0.1, 0.15) is 5.82 Å². The number of carbonyl (C=O) groups excluding carboxylic acids is 2. The topological polar surface area (TPSA) is 80.8 Å². The minimum absolute atomic E-state index is 0.115. The summed E-state index contributed by atoms with van der Waals surface area (Å²) in [6.07, 6.45) is 1.65. The molecule has 1 saturated heterocycles. The number of nitrogens with one attached hydrogen (secondary N) is 1. The van der Waals surface area contributed by atoms with Crippen LogP contribution in [0.25, 0.3) is 0 Å². The predicted molar refractivity (Wildman–Crippen MR) is 89.6 cm³/mol. The highest BCUT2D eigenvalue weighted by molar-refractivity contribution is 5.98. The molecule has 1 N–H and O–H groups in total. The van der Waals surface area contributed by atoms with Crippen LogP contribution in [0.2, 0.25) is 0 Å². The van der Waals surface area contributed by atoms with Gasteiger partial charge in [-0.25, -0.2) is 4.98 Å². The molecule has 25 heavy (non-hydrogen) atoms. The van der Waals surface area contributed by atoms with Gasteiger partial charge in [0, 0.05) is 24.8 Å². The Morgan fingerprint density at radius 3 is 2.76 bits per heavy atom. The van der Waals surface area contributed by atoms with Gasteiger partial charge in [-0.2, -0.15) is 0 Å². The Morgan fingerprint density at radius 2 is 1.96 bits per heavy atom. The molecule has 1 fully saturated rings. The normalized spacial score (nSPS) is 15.6. The SMILES string of the molecule is Cc1ccnc(NC(=O)C2CN(C(=O)c3ccc4c(c3)OCO4)C2)c1. The molecule has 0 spiro atoms. The largest absolute Gasteiger partial charge is 0.454 e. The van der Waals surface area contributed by atoms with Crippen molar-refractivity contribution in [2.75, 3.05) is 25.2 Å². The second kappa shape index (κ2) is 6.08. The number of amides is 2. The van der Waals surface area contributed by atoms with Gasteiger partial charge in [0.05, 0.1) is 5.92 Å². The summed E-state index contributed by atoms with van der Waals surface area (Å²) >= 11 is 0. The van der Waals surface area contributed by atoms with Crippen LogP contribution in [0.5, 0.6) is 11.5 Å². The maximum Gasteiger partial charge on any atom is 0.254 e. The molecule has 7 heteroatoms. The molecule has 128 valence electrons. The third-order valence-electron chi connectivity index (χ3n) is 4.33. The fraction of sp³-hybridized carbons (Fsp3) is 0.278. The zero-order valence-electron chi connectivity index (χ0n) is 13.7. The lowest BCUT2D eigenvalue weighted by atomic mass is 9.97. The van der Waals surface area contributed by atoms with Gasteiger partial charge in [-0.15, -0.1) is 0 Å². The zero-order valence-corrected chi connectivity index (χ0v) is 13.7. The predicted octanol–water partition coefficient (Wildman–Crippen LogP) is 1.83. The van der Waals surface area contributed by atoms with E-state index in [1.165, 1.54) is 0 Å². The van der Waals surface area contributed by atoms with Crippen LogP contribution in [-0.4, -0.2) is 41.6 Å². The third kappa shape index (κ3) is 3.00. The summed E-state index contributed by atoms with van der Waals surface area (Å²) in [6.45, 7) is 2.90. The van der Waals surface area contributed by atoms with Crippen LogP contribution >= 0.6 is 0 Å². The van der Waals surface area contributed by atoms with Gasteiger partial charge in [-0.1, -0.05) is 0 Å². The Hall–Kier alpha value is -3.09. The molecule has 2 aliphatic heterocycles. The molecule has 0 radical (unpaired) electrons. The number of aryl methyl sites for hydroxylation is 1. The monoisotopic (exact) mass is 339 g/mol. The molecule has 1 aromatic heterocycles. The summed E-state index contributed by atoms with van der Waals surface area (Å²) in [5.41, 5.74) is 1.56. The number of likely N-dealkylation sites (tertiary alicyclic amines) is 1. The quantitative estimate of drug-likeness (QED) is 0.923. The van der Waals surface area contributed by atoms with E-state index in [1.54, 1.807) is 29.3 Å². The Balaban J connectivity index is 1.35. The maximum absolute atomic E-state index is 12.5. The first-order valence-corrected chi connectivity index (χ1v) is 8.02. The van der Waals surface area contributed by atoms with Crippen molar-refractivity contribution in [3.63, 3.8) is 0 Å². The van der Waals surface area contributed by atoms with E-state index in [0.717, 1.165) is 5.56 Å². The highest BCUT2D eigenvalue weighted by Crippen LogP contribution is 2.33. The molecule has 3 heterocycles. The first kappa shape index (κ1) is 15.4. The molecule has 2 amide bonds. The van der Waals surface area contributed by atoms with Crippen molar-refractivity contribution >= 4 is 17.6 Å². The average molecular weight is 339 g/mol. The fourth-order valence-corrected chi connectivity index (χ4v) is 2.86. The standard InChI is InChI=1S/C18H17N3O4/c1-11-4-5-19-16(6-11)20-17(22)13-8-21(9-13)18(23)12-2-3-14-15(7-12)25-10-24-14/h2-7,13H,8-10H2,1H3,(H,19,20,22). The number of nitrogens with zero attached hydrogens (tertiary/aromatic N) is 2. The van der Waals surface area contributed by atoms with E-state index >= 15 is 0 Å². The lowest BCUT2D eigenvalue weighted by Gasteiger charge is -2.38. The number of ether oxygens (including phenoxy) is 2. The summed E-state index contributed by atoms with van der Waals surface area (Å²) in [6, 6.07) is 8.79. The van der Waals surface area contributed by atoms with Gasteiger partial charge in [0.25, 0.3) is 5.91 Å². The van der Waals surface area contributed by atoms with E-state index in [4.69, 9.17) is 9.47 Å². The van der Waals surface area contributed by atoms with Crippen molar-refractivity contribution in [3.8, 4) is 11.5 Å². The smallest absolute Gasteiger partial charge is 0.254 e. The minimum Gasteiger partial charge on any atom is -0.454 e. The lowest BCUT2D eigenvalue weighted by molar-refractivity contribution is -0.123. The molecule has 0 aliphatic carbocycles. The third-order valence-corrected chi connectivity index (χ3v) is 4.33. The van der Waals surface area contributed by atoms with Gasteiger partial charge in [-0.3, -0.25) is 9.59 Å². The van der Waals surface area contributed by atoms with E-state index in [2.05, 4.69) is 10.3 Å². The molecule has 0 saturated carbocycles. The number of hydrogen-bond donors (Lipinski definition) is 1. The maximum atomic E-state index is 12.5. The van der Waals surface area contributed by atoms with Crippen LogP contribution < -0.4 is 14.8 Å². The molecular weight excluding hydrogens is 322 g/mol. The lowest BCUT2D eigenvalue weighted by Crippen LogP contribution is -2.54. The number of benzene rings is 1. The van der Waals surface area contributed by atoms with E-state index in [1.807, 2.05) is 19.1 Å². The van der Waals surface area contributed by atoms with Crippen molar-refractivity contribution in [3.05, 3.63) is 47.7 Å². The Bertz CT molecular complexity index is 846. The van der Waals surface area contributed by atoms with Crippen LogP contribution in [0, 0.1) is 12.8 Å². The Labute approximate surface area is 144 Å². The summed E-state index contributed by atoms with van der Waals surface area (Å²) < 4.78 is 10.5. The molecule has 2 aliphatic rings. The summed E-state index contributed by atoms with van der Waals surface area (Å²) in [5, 5.41) is 2.79. The van der Waals surface area contributed by atoms with Gasteiger partial charge < -0.3 is 19.7 Å². The number of fused-ring (bicyclic) bond motifs is 1. The average Bonchev–Trinajstić information content (AvgIpc) is 3.00. The summed E-state index contributed by atoms with van der Waals surface area (Å²) in [7, 11) is 0. The van der Waals surface area contributed by atoms with Gasteiger partial charge in [0.15, 0.2) is 11.5 Å². The zero-order chi connectivity index (χ0) is 17.4. The highest BCUT2D eigenvalue weighted by Gasteiger charge is 2.36. The number of anilines is 1. The molecule has 1 aromatic carbocycles. The van der Waals surface area contributed by atoms with Gasteiger partial charge in [0.2, 0.25) is 12.7 Å². The summed E-state index contributed by atoms with van der Waals surface area (Å²) in [5.74, 6) is 1.30. The number of hydrogen-bond acceptors (Lipinski definition) is 5. The Morgan fingerprint density at radius 1 is 1.16 bits per heavy atom. The number of aromatic nitrogens is 1. The second-order valence-electron chi connectivity index (χ2n) is 6.18. The van der Waals surface area contributed by atoms with Crippen molar-refractivity contribution in [1.82, 2.24) is 9.88 Å². The van der Waals surface area contributed by atoms with Crippen molar-refractivity contribution < 1.29 is 19.1 Å². The van der Waals surface area contributed by atoms with E-state index in [0.29, 0.717) is 36.0 Å². The van der Waals surface area contributed by atoms with Crippen molar-refractivity contribution in [2.24, 2.45) is 5.92 Å². The van der Waals surface area contributed by atoms with Crippen LogP contribution in [0.4, 0.5) is 5.82 Å². The number of carbonyl (C=O) groups is 2. The molecule has 2 aromatic rings. The first-order chi connectivity index (χ1) is 12.1. The second-order valence-corrected chi connectivity index (χ2v) is 6.18. The van der Waals surface area contributed by atoms with E-state index in [-0.39, 0.29) is 24.5 Å². The van der Waals surface area contributed by atoms with Crippen LogP contribution in [0.3, 0.4) is 0 Å². The highest BCUT2D eigenvalue weighted by atomic mass is 16.7. The minimum atomic E-state index is -0.222. The van der Waals surface area contributed by atoms with Gasteiger partial charge >= 0.3 is 0 Å². The Kier molecular flexibility index (Phi) is 3.76. The molecule has 0 atom stereocenters. The van der Waals surface area contributed by atoms with Crippen LogP contribution in [0.15, 0.2) is 36.5 Å². The number of pyridine rings is 1. The number of rotatable bonds is 3. The molecule has 7 nitrogen and oxygen atoms in total. The first-order valence-electron chi connectivity index (χ1n) is 8.02. The van der Waals surface area contributed by atoms with Crippen LogP contribution in [0.1, 0.15) is 15.9 Å². The van der Waals surface area contributed by atoms with Crippen LogP contribution in [-0.2, 0) is 4.79 Å². The fourth-order valence-electron chi connectivity index (χ4n) is 2.86. The van der Waals surface area contributed by atoms with Crippen molar-refractivity contribution in [1.29, 1.82) is 0 Å². The van der Waals surface area contributed by atoms with Gasteiger partial charge in [-0.05, 0) is 42.8 Å². The van der Waals surface area contributed by atoms with E-state index < -0.39 is 0 Å². The molecular formula is C18H17N3O4. The molecule has 0 bridgehead atoms. The van der Waals surface area contributed by atoms with Crippen molar-refractivity contribution in [2.45, 2.75) is 6.92 Å².